The number of aromatic nitrogens is 3. The zero-order valence-corrected chi connectivity index (χ0v) is 17.7. The van der Waals surface area contributed by atoms with Gasteiger partial charge in [-0.2, -0.15) is 9.61 Å². The number of nitrogens with one attached hydrogen (secondary N) is 1. The molecule has 3 heterocycles. The molecule has 6 nitrogen and oxygen atoms in total. The molecular formula is C25H24FN5O. The average molecular weight is 429 g/mol. The lowest BCUT2D eigenvalue weighted by Gasteiger charge is -2.16. The molecule has 0 spiro atoms. The second-order valence-corrected chi connectivity index (χ2v) is 7.96. The molecule has 0 bridgehead atoms. The van der Waals surface area contributed by atoms with Crippen molar-refractivity contribution in [1.82, 2.24) is 19.5 Å². The van der Waals surface area contributed by atoms with E-state index in [2.05, 4.69) is 5.32 Å². The highest BCUT2D eigenvalue weighted by atomic mass is 19.1. The maximum absolute atomic E-state index is 13.3. The maximum Gasteiger partial charge on any atom is 0.222 e. The standard InChI is InChI=1S/C25H24FN5O/c26-20-11-9-19(10-12-20)22-17-24-28-21(18-6-2-1-3-7-18)16-23(31(24)29-22)27-13-5-15-30-14-4-8-25(30)32/h1-3,6-7,9-12,16-17,27H,4-5,8,13-15H2. The van der Waals surface area contributed by atoms with Gasteiger partial charge in [0.15, 0.2) is 5.65 Å². The Morgan fingerprint density at radius 2 is 1.75 bits per heavy atom. The summed E-state index contributed by atoms with van der Waals surface area (Å²) in [7, 11) is 0. The van der Waals surface area contributed by atoms with Crippen LogP contribution in [0.4, 0.5) is 10.2 Å². The summed E-state index contributed by atoms with van der Waals surface area (Å²) in [4.78, 5) is 18.6. The highest BCUT2D eigenvalue weighted by Gasteiger charge is 2.19. The van der Waals surface area contributed by atoms with Crippen molar-refractivity contribution in [2.75, 3.05) is 25.0 Å². The smallest absolute Gasteiger partial charge is 0.222 e. The van der Waals surface area contributed by atoms with Gasteiger partial charge >= 0.3 is 0 Å². The van der Waals surface area contributed by atoms with Crippen LogP contribution in [0.1, 0.15) is 19.3 Å². The quantitative estimate of drug-likeness (QED) is 0.435. The lowest BCUT2D eigenvalue weighted by atomic mass is 10.1. The molecule has 1 N–H and O–H groups in total. The molecule has 1 aliphatic heterocycles. The fourth-order valence-electron chi connectivity index (χ4n) is 4.05. The molecule has 32 heavy (non-hydrogen) atoms. The zero-order valence-electron chi connectivity index (χ0n) is 17.7. The van der Waals surface area contributed by atoms with Crippen LogP contribution >= 0.6 is 0 Å². The van der Waals surface area contributed by atoms with Crippen LogP contribution in [0, 0.1) is 5.82 Å². The van der Waals surface area contributed by atoms with E-state index < -0.39 is 0 Å². The molecule has 162 valence electrons. The number of hydrogen-bond acceptors (Lipinski definition) is 4. The molecule has 0 saturated carbocycles. The first-order chi connectivity index (χ1) is 15.7. The SMILES string of the molecule is O=C1CCCN1CCCNc1cc(-c2ccccc2)nc2cc(-c3ccc(F)cc3)nn12. The van der Waals surface area contributed by atoms with E-state index in [4.69, 9.17) is 10.1 Å². The van der Waals surface area contributed by atoms with Gasteiger partial charge in [-0.15, -0.1) is 0 Å². The fourth-order valence-corrected chi connectivity index (χ4v) is 4.05. The van der Waals surface area contributed by atoms with E-state index in [1.165, 1.54) is 12.1 Å². The van der Waals surface area contributed by atoms with Crippen LogP contribution in [0.5, 0.6) is 0 Å². The van der Waals surface area contributed by atoms with Gasteiger partial charge in [0.2, 0.25) is 5.91 Å². The first kappa shape index (κ1) is 20.2. The molecule has 1 fully saturated rings. The molecule has 0 unspecified atom stereocenters. The number of nitrogens with zero attached hydrogens (tertiary/aromatic N) is 4. The van der Waals surface area contributed by atoms with Crippen LogP contribution in [-0.4, -0.2) is 45.0 Å². The molecule has 0 radical (unpaired) electrons. The average Bonchev–Trinajstić information content (AvgIpc) is 3.43. The van der Waals surface area contributed by atoms with E-state index in [9.17, 15) is 9.18 Å². The van der Waals surface area contributed by atoms with Crippen LogP contribution in [-0.2, 0) is 4.79 Å². The highest BCUT2D eigenvalue weighted by Crippen LogP contribution is 2.26. The molecule has 2 aromatic heterocycles. The van der Waals surface area contributed by atoms with Crippen molar-refractivity contribution in [1.29, 1.82) is 0 Å². The van der Waals surface area contributed by atoms with Crippen molar-refractivity contribution in [3.63, 3.8) is 0 Å². The molecule has 2 aromatic carbocycles. The molecule has 0 atom stereocenters. The van der Waals surface area contributed by atoms with Crippen LogP contribution in [0.15, 0.2) is 66.7 Å². The Kier molecular flexibility index (Phi) is 5.54. The largest absolute Gasteiger partial charge is 0.370 e. The molecule has 4 aromatic rings. The van der Waals surface area contributed by atoms with E-state index in [1.807, 2.05) is 47.4 Å². The van der Waals surface area contributed by atoms with Gasteiger partial charge in [-0.1, -0.05) is 30.3 Å². The van der Waals surface area contributed by atoms with Gasteiger partial charge in [0.25, 0.3) is 0 Å². The minimum Gasteiger partial charge on any atom is -0.370 e. The lowest BCUT2D eigenvalue weighted by Crippen LogP contribution is -2.27. The number of anilines is 1. The van der Waals surface area contributed by atoms with Gasteiger partial charge in [-0.25, -0.2) is 9.37 Å². The van der Waals surface area contributed by atoms with Crippen molar-refractivity contribution in [3.8, 4) is 22.5 Å². The first-order valence-corrected chi connectivity index (χ1v) is 10.9. The van der Waals surface area contributed by atoms with E-state index >= 15 is 0 Å². The second-order valence-electron chi connectivity index (χ2n) is 7.96. The molecule has 0 aliphatic carbocycles. The number of benzene rings is 2. The van der Waals surface area contributed by atoms with Gasteiger partial charge in [0.05, 0.1) is 11.4 Å². The molecule has 1 saturated heterocycles. The normalized spacial score (nSPS) is 13.8. The number of rotatable bonds is 7. The zero-order chi connectivity index (χ0) is 21.9. The number of halogens is 1. The monoisotopic (exact) mass is 429 g/mol. The van der Waals surface area contributed by atoms with Crippen LogP contribution in [0.3, 0.4) is 0 Å². The minimum atomic E-state index is -0.277. The van der Waals surface area contributed by atoms with E-state index in [0.29, 0.717) is 18.6 Å². The summed E-state index contributed by atoms with van der Waals surface area (Å²) in [6, 6.07) is 20.2. The Hall–Kier alpha value is -3.74. The van der Waals surface area contributed by atoms with Crippen molar-refractivity contribution >= 4 is 17.4 Å². The van der Waals surface area contributed by atoms with Gasteiger partial charge in [0.1, 0.15) is 11.6 Å². The molecule has 5 rings (SSSR count). The first-order valence-electron chi connectivity index (χ1n) is 10.9. The number of likely N-dealkylation sites (tertiary alicyclic amines) is 1. The third-order valence-electron chi connectivity index (χ3n) is 5.72. The number of amides is 1. The predicted octanol–water partition coefficient (Wildman–Crippen LogP) is 4.63. The summed E-state index contributed by atoms with van der Waals surface area (Å²) in [5.74, 6) is 0.800. The topological polar surface area (TPSA) is 62.5 Å². The number of carbonyl (C=O) groups excluding carboxylic acids is 1. The maximum atomic E-state index is 13.3. The number of carbonyl (C=O) groups is 1. The summed E-state index contributed by atoms with van der Waals surface area (Å²) in [6.45, 7) is 2.32. The molecule has 7 heteroatoms. The minimum absolute atomic E-state index is 0.249. The van der Waals surface area contributed by atoms with Gasteiger partial charge < -0.3 is 10.2 Å². The third kappa shape index (κ3) is 4.19. The van der Waals surface area contributed by atoms with Gasteiger partial charge in [-0.05, 0) is 37.1 Å². The third-order valence-corrected chi connectivity index (χ3v) is 5.72. The molecule has 1 aliphatic rings. The summed E-state index contributed by atoms with van der Waals surface area (Å²) in [5.41, 5.74) is 4.14. The van der Waals surface area contributed by atoms with E-state index in [1.54, 1.807) is 16.6 Å². The van der Waals surface area contributed by atoms with Crippen molar-refractivity contribution in [2.45, 2.75) is 19.3 Å². The predicted molar refractivity (Wildman–Crippen MR) is 123 cm³/mol. The number of hydrogen-bond donors (Lipinski definition) is 1. The van der Waals surface area contributed by atoms with Crippen LogP contribution in [0.25, 0.3) is 28.2 Å². The van der Waals surface area contributed by atoms with E-state index in [0.717, 1.165) is 54.3 Å². The Morgan fingerprint density at radius 1 is 0.969 bits per heavy atom. The second kappa shape index (κ2) is 8.78. The van der Waals surface area contributed by atoms with Crippen molar-refractivity contribution in [2.24, 2.45) is 0 Å². The fraction of sp³-hybridized carbons (Fsp3) is 0.240. The van der Waals surface area contributed by atoms with Gasteiger partial charge in [0, 0.05) is 49.3 Å². The summed E-state index contributed by atoms with van der Waals surface area (Å²) >= 11 is 0. The Morgan fingerprint density at radius 3 is 2.50 bits per heavy atom. The lowest BCUT2D eigenvalue weighted by molar-refractivity contribution is -0.127. The summed E-state index contributed by atoms with van der Waals surface area (Å²) in [5, 5.41) is 8.19. The number of fused-ring (bicyclic) bond motifs is 1. The Balaban J connectivity index is 1.44. The van der Waals surface area contributed by atoms with E-state index in [-0.39, 0.29) is 11.7 Å². The van der Waals surface area contributed by atoms with Crippen molar-refractivity contribution in [3.05, 3.63) is 72.5 Å². The van der Waals surface area contributed by atoms with Gasteiger partial charge in [-0.3, -0.25) is 4.79 Å². The Labute approximate surface area is 185 Å². The van der Waals surface area contributed by atoms with Crippen LogP contribution < -0.4 is 5.32 Å². The van der Waals surface area contributed by atoms with Crippen LogP contribution in [0.2, 0.25) is 0 Å². The highest BCUT2D eigenvalue weighted by molar-refractivity contribution is 5.78. The summed E-state index contributed by atoms with van der Waals surface area (Å²) in [6.07, 6.45) is 2.47. The Bertz CT molecular complexity index is 1240. The molecular weight excluding hydrogens is 405 g/mol. The summed E-state index contributed by atoms with van der Waals surface area (Å²) < 4.78 is 15.1. The molecule has 1 amide bonds. The van der Waals surface area contributed by atoms with Crippen molar-refractivity contribution < 1.29 is 9.18 Å².